The molecular weight excluding hydrogens is 312 g/mol. The van der Waals surface area contributed by atoms with Gasteiger partial charge in [0.15, 0.2) is 5.13 Å². The van der Waals surface area contributed by atoms with Gasteiger partial charge in [-0.15, -0.1) is 11.3 Å². The van der Waals surface area contributed by atoms with Crippen molar-refractivity contribution in [3.63, 3.8) is 0 Å². The Balaban J connectivity index is 1.87. The first kappa shape index (κ1) is 12.1. The van der Waals surface area contributed by atoms with Crippen molar-refractivity contribution >= 4 is 32.4 Å². The van der Waals surface area contributed by atoms with Gasteiger partial charge in [-0.1, -0.05) is 28.1 Å². The van der Waals surface area contributed by atoms with Crippen LogP contribution >= 0.6 is 27.3 Å². The summed E-state index contributed by atoms with van der Waals surface area (Å²) in [5.41, 5.74) is 2.18. The minimum atomic E-state index is 0.411. The molecule has 2 heterocycles. The van der Waals surface area contributed by atoms with Crippen LogP contribution in [0.1, 0.15) is 6.92 Å². The van der Waals surface area contributed by atoms with Crippen LogP contribution in [-0.4, -0.2) is 24.4 Å². The maximum Gasteiger partial charge on any atom is 0.188 e. The maximum absolute atomic E-state index is 5.44. The summed E-state index contributed by atoms with van der Waals surface area (Å²) in [6.45, 7) is 3.59. The minimum Gasteiger partial charge on any atom is -0.359 e. The second-order valence-corrected chi connectivity index (χ2v) is 6.09. The predicted molar refractivity (Wildman–Crippen MR) is 78.0 cm³/mol. The van der Waals surface area contributed by atoms with Crippen LogP contribution in [0, 0.1) is 0 Å². The van der Waals surface area contributed by atoms with Crippen LogP contribution in [0.5, 0.6) is 0 Å². The van der Waals surface area contributed by atoms with Gasteiger partial charge in [0.2, 0.25) is 0 Å². The van der Waals surface area contributed by atoms with Gasteiger partial charge in [0.05, 0.1) is 18.3 Å². The summed E-state index contributed by atoms with van der Waals surface area (Å²) in [6.07, 6.45) is 0. The third-order valence-corrected chi connectivity index (χ3v) is 4.41. The Kier molecular flexibility index (Phi) is 3.37. The van der Waals surface area contributed by atoms with Crippen LogP contribution in [0.3, 0.4) is 0 Å². The third-order valence-electron chi connectivity index (χ3n) is 3.00. The van der Waals surface area contributed by atoms with Gasteiger partial charge in [-0.3, -0.25) is 0 Å². The monoisotopic (exact) mass is 324 g/mol. The zero-order chi connectivity index (χ0) is 12.5. The van der Waals surface area contributed by atoms with Crippen LogP contribution in [0.15, 0.2) is 34.1 Å². The highest BCUT2D eigenvalue weighted by Crippen LogP contribution is 2.30. The minimum absolute atomic E-state index is 0.411. The van der Waals surface area contributed by atoms with Crippen LogP contribution < -0.4 is 4.90 Å². The largest absolute Gasteiger partial charge is 0.359 e. The zero-order valence-electron chi connectivity index (χ0n) is 9.97. The van der Waals surface area contributed by atoms with E-state index in [0.717, 1.165) is 27.5 Å². The fourth-order valence-corrected chi connectivity index (χ4v) is 3.12. The fraction of sp³-hybridized carbons (Fsp3) is 0.308. The van der Waals surface area contributed by atoms with E-state index in [2.05, 4.69) is 45.3 Å². The van der Waals surface area contributed by atoms with Gasteiger partial charge >= 0.3 is 0 Å². The predicted octanol–water partition coefficient (Wildman–Crippen LogP) is 3.76. The summed E-state index contributed by atoms with van der Waals surface area (Å²) in [5, 5.41) is 3.14. The van der Waals surface area contributed by atoms with Gasteiger partial charge in [-0.05, 0) is 19.1 Å². The average Bonchev–Trinajstić information content (AvgIpc) is 2.98. The molecule has 1 aromatic carbocycles. The summed E-state index contributed by atoms with van der Waals surface area (Å²) >= 11 is 5.12. The number of nitrogens with zero attached hydrogens (tertiary/aromatic N) is 2. The molecule has 2 aromatic rings. The topological polar surface area (TPSA) is 25.4 Å². The first-order chi connectivity index (χ1) is 8.74. The van der Waals surface area contributed by atoms with Gasteiger partial charge in [-0.25, -0.2) is 4.98 Å². The number of ether oxygens (including phenoxy) is 1. The van der Waals surface area contributed by atoms with E-state index in [1.165, 1.54) is 0 Å². The van der Waals surface area contributed by atoms with Gasteiger partial charge in [0, 0.05) is 15.4 Å². The number of benzene rings is 1. The number of hydrogen-bond donors (Lipinski definition) is 0. The average molecular weight is 325 g/mol. The lowest BCUT2D eigenvalue weighted by atomic mass is 10.2. The normalized spacial score (nSPS) is 19.4. The van der Waals surface area contributed by atoms with E-state index in [0.29, 0.717) is 12.8 Å². The molecule has 0 saturated carbocycles. The highest BCUT2D eigenvalue weighted by Gasteiger charge is 2.23. The van der Waals surface area contributed by atoms with Crippen molar-refractivity contribution in [3.05, 3.63) is 34.1 Å². The highest BCUT2D eigenvalue weighted by molar-refractivity contribution is 9.10. The molecular formula is C13H13BrN2OS. The molecule has 0 unspecified atom stereocenters. The van der Waals surface area contributed by atoms with Crippen LogP contribution in [0.2, 0.25) is 0 Å². The van der Waals surface area contributed by atoms with Gasteiger partial charge in [0.25, 0.3) is 0 Å². The van der Waals surface area contributed by atoms with Crippen LogP contribution in [0.25, 0.3) is 11.3 Å². The van der Waals surface area contributed by atoms with E-state index >= 15 is 0 Å². The van der Waals surface area contributed by atoms with E-state index in [9.17, 15) is 0 Å². The summed E-state index contributed by atoms with van der Waals surface area (Å²) in [6, 6.07) is 8.64. The number of aromatic nitrogens is 1. The molecule has 0 amide bonds. The van der Waals surface area contributed by atoms with Crippen molar-refractivity contribution in [1.29, 1.82) is 0 Å². The number of hydrogen-bond acceptors (Lipinski definition) is 4. The molecule has 0 bridgehead atoms. The van der Waals surface area contributed by atoms with E-state index in [1.807, 2.05) is 12.1 Å². The van der Waals surface area contributed by atoms with Crippen LogP contribution in [0.4, 0.5) is 5.13 Å². The molecule has 1 aliphatic heterocycles. The Morgan fingerprint density at radius 2 is 2.17 bits per heavy atom. The van der Waals surface area contributed by atoms with Crippen molar-refractivity contribution in [3.8, 4) is 11.3 Å². The lowest BCUT2D eigenvalue weighted by molar-refractivity contribution is 0.195. The van der Waals surface area contributed by atoms with Gasteiger partial charge in [-0.2, -0.15) is 0 Å². The molecule has 0 aliphatic carbocycles. The number of thiazole rings is 1. The maximum atomic E-state index is 5.44. The van der Waals surface area contributed by atoms with Gasteiger partial charge < -0.3 is 9.64 Å². The zero-order valence-corrected chi connectivity index (χ0v) is 12.4. The van der Waals surface area contributed by atoms with Crippen molar-refractivity contribution in [2.75, 3.05) is 18.2 Å². The second-order valence-electron chi connectivity index (χ2n) is 4.34. The highest BCUT2D eigenvalue weighted by atomic mass is 79.9. The van der Waals surface area contributed by atoms with Gasteiger partial charge in [0.1, 0.15) is 6.73 Å². The smallest absolute Gasteiger partial charge is 0.188 e. The number of rotatable bonds is 2. The molecule has 0 N–H and O–H groups in total. The van der Waals surface area contributed by atoms with Crippen LogP contribution in [-0.2, 0) is 4.74 Å². The Labute approximate surface area is 119 Å². The number of halogens is 1. The quantitative estimate of drug-likeness (QED) is 0.841. The summed E-state index contributed by atoms with van der Waals surface area (Å²) in [5.74, 6) is 0. The van der Waals surface area contributed by atoms with Crippen molar-refractivity contribution in [1.82, 2.24) is 4.98 Å². The molecule has 1 aliphatic rings. The Morgan fingerprint density at radius 1 is 1.39 bits per heavy atom. The summed E-state index contributed by atoms with van der Waals surface area (Å²) < 4.78 is 6.53. The Morgan fingerprint density at radius 3 is 2.83 bits per heavy atom. The standard InChI is InChI=1S/C13H13BrN2OS/c1-9-6-17-8-16(9)13-15-12(7-18-13)10-2-4-11(14)5-3-10/h2-5,7,9H,6,8H2,1H3/t9-/m1/s1. The molecule has 3 nitrogen and oxygen atoms in total. The SMILES string of the molecule is C[C@@H]1COCN1c1nc(-c2ccc(Br)cc2)cs1. The molecule has 1 aromatic heterocycles. The second kappa shape index (κ2) is 4.99. The Hall–Kier alpha value is -0.910. The molecule has 0 spiro atoms. The van der Waals surface area contributed by atoms with Crippen molar-refractivity contribution in [2.24, 2.45) is 0 Å². The lowest BCUT2D eigenvalue weighted by Crippen LogP contribution is -2.27. The molecule has 5 heteroatoms. The molecule has 0 radical (unpaired) electrons. The first-order valence-electron chi connectivity index (χ1n) is 5.80. The number of anilines is 1. The van der Waals surface area contributed by atoms with Crippen molar-refractivity contribution < 1.29 is 4.74 Å². The van der Waals surface area contributed by atoms with Crippen molar-refractivity contribution in [2.45, 2.75) is 13.0 Å². The molecule has 1 saturated heterocycles. The Bertz CT molecular complexity index is 540. The lowest BCUT2D eigenvalue weighted by Gasteiger charge is -2.17. The van der Waals surface area contributed by atoms with E-state index in [-0.39, 0.29) is 0 Å². The van der Waals surface area contributed by atoms with E-state index in [4.69, 9.17) is 9.72 Å². The molecule has 18 heavy (non-hydrogen) atoms. The molecule has 3 rings (SSSR count). The summed E-state index contributed by atoms with van der Waals surface area (Å²) in [4.78, 5) is 6.89. The summed E-state index contributed by atoms with van der Waals surface area (Å²) in [7, 11) is 0. The molecule has 94 valence electrons. The third kappa shape index (κ3) is 2.30. The molecule has 1 fully saturated rings. The van der Waals surface area contributed by atoms with E-state index in [1.54, 1.807) is 11.3 Å². The van der Waals surface area contributed by atoms with E-state index < -0.39 is 0 Å². The first-order valence-corrected chi connectivity index (χ1v) is 7.47. The molecule has 1 atom stereocenters. The fourth-order valence-electron chi connectivity index (χ4n) is 1.93.